The van der Waals surface area contributed by atoms with Crippen molar-refractivity contribution in [3.8, 4) is 0 Å². The normalized spacial score (nSPS) is 11.9. The number of carbonyl (C=O) groups is 1. The predicted octanol–water partition coefficient (Wildman–Crippen LogP) is 3.59. The van der Waals surface area contributed by atoms with Crippen LogP contribution in [0.5, 0.6) is 0 Å². The lowest BCUT2D eigenvalue weighted by atomic mass is 10.0. The van der Waals surface area contributed by atoms with Gasteiger partial charge in [-0.2, -0.15) is 13.2 Å². The summed E-state index contributed by atoms with van der Waals surface area (Å²) in [6.07, 6.45) is -8.11. The third-order valence-corrected chi connectivity index (χ3v) is 2.26. The molecule has 1 heterocycles. The number of hydrogen-bond donors (Lipinski definition) is 0. The van der Waals surface area contributed by atoms with Crippen LogP contribution in [0.4, 0.5) is 22.0 Å². The molecule has 1 rings (SSSR count). The molecule has 94 valence electrons. The Kier molecular flexibility index (Phi) is 4.03. The summed E-state index contributed by atoms with van der Waals surface area (Å²) in [4.78, 5) is 13.8. The molecule has 0 saturated carbocycles. The van der Waals surface area contributed by atoms with Crippen LogP contribution in [0.3, 0.4) is 0 Å². The van der Waals surface area contributed by atoms with Crippen LogP contribution in [0.25, 0.3) is 0 Å². The predicted molar refractivity (Wildman–Crippen MR) is 49.1 cm³/mol. The summed E-state index contributed by atoms with van der Waals surface area (Å²) in [5, 5.41) is 0. The third kappa shape index (κ3) is 2.71. The van der Waals surface area contributed by atoms with Gasteiger partial charge in [-0.25, -0.2) is 8.78 Å². The van der Waals surface area contributed by atoms with E-state index < -0.39 is 40.9 Å². The zero-order chi connectivity index (χ0) is 13.2. The quantitative estimate of drug-likeness (QED) is 0.478. The van der Waals surface area contributed by atoms with E-state index in [0.29, 0.717) is 6.20 Å². The second-order valence-corrected chi connectivity index (χ2v) is 3.26. The second-order valence-electron chi connectivity index (χ2n) is 3.00. The van der Waals surface area contributed by atoms with Crippen LogP contribution in [0.15, 0.2) is 6.20 Å². The highest BCUT2D eigenvalue weighted by Gasteiger charge is 2.37. The van der Waals surface area contributed by atoms with E-state index in [0.717, 1.165) is 0 Å². The largest absolute Gasteiger partial charge is 0.418 e. The Labute approximate surface area is 97.4 Å². The summed E-state index contributed by atoms with van der Waals surface area (Å²) in [5.74, 6) is -0.501. The van der Waals surface area contributed by atoms with Crippen LogP contribution in [0.2, 0.25) is 0 Å². The lowest BCUT2D eigenvalue weighted by molar-refractivity contribution is -0.138. The van der Waals surface area contributed by atoms with Gasteiger partial charge in [0.1, 0.15) is 0 Å². The molecule has 17 heavy (non-hydrogen) atoms. The average molecular weight is 274 g/mol. The fourth-order valence-corrected chi connectivity index (χ4v) is 1.50. The molecule has 0 radical (unpaired) electrons. The van der Waals surface area contributed by atoms with E-state index in [4.69, 9.17) is 11.6 Å². The maximum Gasteiger partial charge on any atom is 0.418 e. The minimum atomic E-state index is -4.92. The molecule has 8 heteroatoms. The van der Waals surface area contributed by atoms with Gasteiger partial charge in [0.15, 0.2) is 6.29 Å². The number of pyridine rings is 1. The van der Waals surface area contributed by atoms with Gasteiger partial charge in [0.05, 0.1) is 22.7 Å². The number of nitrogens with zero attached hydrogens (tertiary/aromatic N) is 1. The van der Waals surface area contributed by atoms with Crippen molar-refractivity contribution < 1.29 is 26.7 Å². The van der Waals surface area contributed by atoms with Crippen molar-refractivity contribution in [3.63, 3.8) is 0 Å². The maximum atomic E-state index is 12.6. The van der Waals surface area contributed by atoms with E-state index in [1.165, 1.54) is 0 Å². The van der Waals surface area contributed by atoms with Crippen LogP contribution in [0, 0.1) is 0 Å². The molecule has 1 aromatic rings. The Morgan fingerprint density at radius 1 is 1.41 bits per heavy atom. The molecule has 0 bridgehead atoms. The van der Waals surface area contributed by atoms with Crippen molar-refractivity contribution in [2.45, 2.75) is 18.5 Å². The molecule has 2 nitrogen and oxygen atoms in total. The van der Waals surface area contributed by atoms with Gasteiger partial charge in [0, 0.05) is 11.8 Å². The van der Waals surface area contributed by atoms with Crippen molar-refractivity contribution in [2.24, 2.45) is 0 Å². The summed E-state index contributed by atoms with van der Waals surface area (Å²) in [5.41, 5.74) is -4.10. The molecule has 1 aromatic heterocycles. The third-order valence-electron chi connectivity index (χ3n) is 2.01. The fourth-order valence-electron chi connectivity index (χ4n) is 1.28. The van der Waals surface area contributed by atoms with Crippen molar-refractivity contribution in [3.05, 3.63) is 28.6 Å². The van der Waals surface area contributed by atoms with E-state index in [1.54, 1.807) is 0 Å². The van der Waals surface area contributed by atoms with Crippen LogP contribution in [-0.4, -0.2) is 11.3 Å². The van der Waals surface area contributed by atoms with Crippen molar-refractivity contribution >= 4 is 17.9 Å². The van der Waals surface area contributed by atoms with Gasteiger partial charge in [0.25, 0.3) is 6.43 Å². The van der Waals surface area contributed by atoms with Crippen molar-refractivity contribution in [2.75, 3.05) is 0 Å². The second kappa shape index (κ2) is 4.95. The Morgan fingerprint density at radius 3 is 2.35 bits per heavy atom. The number of rotatable bonds is 3. The Balaban J connectivity index is 3.58. The van der Waals surface area contributed by atoms with E-state index in [9.17, 15) is 26.7 Å². The molecule has 0 aliphatic rings. The SMILES string of the molecule is O=Cc1c(C(F)(F)F)cnc(CCl)c1C(F)F. The molecule has 0 amide bonds. The molecule has 0 aliphatic carbocycles. The van der Waals surface area contributed by atoms with E-state index >= 15 is 0 Å². The number of carbonyl (C=O) groups excluding carboxylic acids is 1. The molecule has 0 aromatic carbocycles. The topological polar surface area (TPSA) is 30.0 Å². The number of aromatic nitrogens is 1. The average Bonchev–Trinajstić information content (AvgIpc) is 2.25. The summed E-state index contributed by atoms with van der Waals surface area (Å²) < 4.78 is 62.5. The molecule has 0 spiro atoms. The molecule has 0 unspecified atom stereocenters. The molecule has 0 fully saturated rings. The highest BCUT2D eigenvalue weighted by Crippen LogP contribution is 2.36. The maximum absolute atomic E-state index is 12.6. The minimum Gasteiger partial charge on any atom is -0.298 e. The lowest BCUT2D eigenvalue weighted by Crippen LogP contribution is -2.14. The van der Waals surface area contributed by atoms with Gasteiger partial charge >= 0.3 is 6.18 Å². The van der Waals surface area contributed by atoms with Gasteiger partial charge in [-0.15, -0.1) is 11.6 Å². The number of hydrogen-bond acceptors (Lipinski definition) is 2. The number of aldehydes is 1. The van der Waals surface area contributed by atoms with Gasteiger partial charge in [-0.1, -0.05) is 0 Å². The molecule has 0 N–H and O–H groups in total. The minimum absolute atomic E-state index is 0.262. The first-order valence-electron chi connectivity index (χ1n) is 4.21. The summed E-state index contributed by atoms with van der Waals surface area (Å²) in [7, 11) is 0. The van der Waals surface area contributed by atoms with Crippen LogP contribution < -0.4 is 0 Å². The van der Waals surface area contributed by atoms with E-state index in [-0.39, 0.29) is 6.29 Å². The number of halogens is 6. The Bertz CT molecular complexity index is 432. The Hall–Kier alpha value is -1.24. The molecule has 0 saturated heterocycles. The molecular weight excluding hydrogens is 269 g/mol. The van der Waals surface area contributed by atoms with Gasteiger partial charge in [0.2, 0.25) is 0 Å². The Morgan fingerprint density at radius 2 is 2.00 bits per heavy atom. The molecule has 0 aliphatic heterocycles. The summed E-state index contributed by atoms with van der Waals surface area (Å²) >= 11 is 5.28. The standard InChI is InChI=1S/C9H5ClF5NO/c10-1-6-7(8(11)12)4(3-17)5(2-16-6)9(13,14)15/h2-3,8H,1H2. The fraction of sp³-hybridized carbons (Fsp3) is 0.333. The van der Waals surface area contributed by atoms with Gasteiger partial charge in [-0.05, 0) is 0 Å². The summed E-state index contributed by atoms with van der Waals surface area (Å²) in [6, 6.07) is 0. The number of alkyl halides is 6. The first-order valence-corrected chi connectivity index (χ1v) is 4.74. The van der Waals surface area contributed by atoms with Crippen LogP contribution in [0.1, 0.15) is 33.6 Å². The van der Waals surface area contributed by atoms with Gasteiger partial charge in [-0.3, -0.25) is 9.78 Å². The highest BCUT2D eigenvalue weighted by atomic mass is 35.5. The smallest absolute Gasteiger partial charge is 0.298 e. The highest BCUT2D eigenvalue weighted by molar-refractivity contribution is 6.17. The van der Waals surface area contributed by atoms with Crippen LogP contribution in [-0.2, 0) is 12.1 Å². The summed E-state index contributed by atoms with van der Waals surface area (Å²) in [6.45, 7) is 0. The van der Waals surface area contributed by atoms with Gasteiger partial charge < -0.3 is 0 Å². The van der Waals surface area contributed by atoms with Crippen LogP contribution >= 0.6 is 11.6 Å². The molecular formula is C9H5ClF5NO. The zero-order valence-corrected chi connectivity index (χ0v) is 8.82. The zero-order valence-electron chi connectivity index (χ0n) is 8.06. The molecule has 0 atom stereocenters. The van der Waals surface area contributed by atoms with E-state index in [2.05, 4.69) is 4.98 Å². The van der Waals surface area contributed by atoms with E-state index in [1.807, 2.05) is 0 Å². The monoisotopic (exact) mass is 273 g/mol. The first kappa shape index (κ1) is 13.8. The van der Waals surface area contributed by atoms with Crippen molar-refractivity contribution in [1.29, 1.82) is 0 Å². The first-order chi connectivity index (χ1) is 7.82. The lowest BCUT2D eigenvalue weighted by Gasteiger charge is -2.14. The van der Waals surface area contributed by atoms with Crippen molar-refractivity contribution in [1.82, 2.24) is 4.98 Å².